The summed E-state index contributed by atoms with van der Waals surface area (Å²) < 4.78 is 31.8. The van der Waals surface area contributed by atoms with Gasteiger partial charge in [0.05, 0.1) is 5.25 Å². The first-order valence-electron chi connectivity index (χ1n) is 5.71. The number of hydrogen-bond donors (Lipinski definition) is 1. The lowest BCUT2D eigenvalue weighted by Gasteiger charge is -2.21. The van der Waals surface area contributed by atoms with Gasteiger partial charge in [-0.05, 0) is 32.1 Å². The van der Waals surface area contributed by atoms with Crippen LogP contribution in [0, 0.1) is 5.92 Å². The maximum Gasteiger partial charge on any atom is 0.216 e. The number of ether oxygens (including phenoxy) is 1. The summed E-state index contributed by atoms with van der Waals surface area (Å²) >= 11 is 0. The zero-order valence-electron chi connectivity index (χ0n) is 9.98. The lowest BCUT2D eigenvalue weighted by molar-refractivity contribution is 0.102. The molecule has 1 saturated heterocycles. The minimum Gasteiger partial charge on any atom is -0.362 e. The van der Waals surface area contributed by atoms with Gasteiger partial charge in [-0.1, -0.05) is 13.0 Å². The molecule has 0 aromatic heterocycles. The molecule has 1 heterocycles. The van der Waals surface area contributed by atoms with E-state index in [2.05, 4.69) is 11.3 Å². The Morgan fingerprint density at radius 2 is 2.25 bits per heavy atom. The zero-order chi connectivity index (χ0) is 12.2. The molecule has 1 aliphatic heterocycles. The fourth-order valence-corrected chi connectivity index (χ4v) is 3.21. The highest BCUT2D eigenvalue weighted by Gasteiger charge is 2.29. The van der Waals surface area contributed by atoms with Crippen molar-refractivity contribution in [3.8, 4) is 0 Å². The van der Waals surface area contributed by atoms with Gasteiger partial charge in [-0.2, -0.15) is 4.72 Å². The molecule has 1 N–H and O–H groups in total. The molecule has 16 heavy (non-hydrogen) atoms. The third-order valence-electron chi connectivity index (χ3n) is 3.05. The van der Waals surface area contributed by atoms with Crippen LogP contribution in [-0.2, 0) is 14.8 Å². The summed E-state index contributed by atoms with van der Waals surface area (Å²) in [5.74, 6) is 0.0661. The van der Waals surface area contributed by atoms with Crippen molar-refractivity contribution in [1.82, 2.24) is 4.72 Å². The van der Waals surface area contributed by atoms with E-state index in [1.807, 2.05) is 6.92 Å². The molecular formula is C11H21NO3S. The first kappa shape index (κ1) is 13.7. The Bertz CT molecular complexity index is 320. The monoisotopic (exact) mass is 247 g/mol. The highest BCUT2D eigenvalue weighted by Crippen LogP contribution is 2.18. The maximum absolute atomic E-state index is 12.0. The van der Waals surface area contributed by atoms with Gasteiger partial charge < -0.3 is 4.74 Å². The summed E-state index contributed by atoms with van der Waals surface area (Å²) in [4.78, 5) is 0. The second-order valence-electron chi connectivity index (χ2n) is 4.37. The number of hydrogen-bond acceptors (Lipinski definition) is 3. The smallest absolute Gasteiger partial charge is 0.216 e. The molecular weight excluding hydrogens is 226 g/mol. The molecule has 3 atom stereocenters. The van der Waals surface area contributed by atoms with Gasteiger partial charge in [0.2, 0.25) is 10.0 Å². The van der Waals surface area contributed by atoms with Crippen LogP contribution in [0.1, 0.15) is 33.1 Å². The minimum absolute atomic E-state index is 0.0661. The summed E-state index contributed by atoms with van der Waals surface area (Å²) in [7, 11) is -3.29. The van der Waals surface area contributed by atoms with Gasteiger partial charge in [-0.15, -0.1) is 6.58 Å². The fraction of sp³-hybridized carbons (Fsp3) is 0.818. The third kappa shape index (κ3) is 3.57. The van der Waals surface area contributed by atoms with Crippen LogP contribution in [-0.4, -0.2) is 26.5 Å². The van der Waals surface area contributed by atoms with Crippen LogP contribution >= 0.6 is 0 Å². The maximum atomic E-state index is 12.0. The van der Waals surface area contributed by atoms with Crippen LogP contribution in [0.2, 0.25) is 0 Å². The van der Waals surface area contributed by atoms with E-state index < -0.39 is 15.3 Å². The second kappa shape index (κ2) is 5.80. The normalized spacial score (nSPS) is 25.2. The standard InChI is InChI=1S/C11H21NO3S/c1-4-6-9(2)10(3)16(13,14)12-11-7-5-8-15-11/h4,9-12H,1,5-8H2,2-3H3/t9-,10-,11+/m1/s1. The number of sulfonamides is 1. The predicted molar refractivity (Wildman–Crippen MR) is 64.5 cm³/mol. The second-order valence-corrected chi connectivity index (χ2v) is 6.44. The Morgan fingerprint density at radius 1 is 1.56 bits per heavy atom. The van der Waals surface area contributed by atoms with E-state index in [-0.39, 0.29) is 12.1 Å². The van der Waals surface area contributed by atoms with Gasteiger partial charge >= 0.3 is 0 Å². The third-order valence-corrected chi connectivity index (χ3v) is 5.09. The van der Waals surface area contributed by atoms with Gasteiger partial charge in [-0.3, -0.25) is 0 Å². The van der Waals surface area contributed by atoms with Crippen molar-refractivity contribution in [1.29, 1.82) is 0 Å². The molecule has 94 valence electrons. The molecule has 1 rings (SSSR count). The highest BCUT2D eigenvalue weighted by atomic mass is 32.2. The van der Waals surface area contributed by atoms with Crippen molar-refractivity contribution in [2.24, 2.45) is 5.92 Å². The van der Waals surface area contributed by atoms with E-state index in [4.69, 9.17) is 4.74 Å². The van der Waals surface area contributed by atoms with E-state index >= 15 is 0 Å². The average Bonchev–Trinajstić information content (AvgIpc) is 2.68. The summed E-state index contributed by atoms with van der Waals surface area (Å²) in [5.41, 5.74) is 0. The van der Waals surface area contributed by atoms with Crippen LogP contribution in [0.4, 0.5) is 0 Å². The Labute approximate surface area is 98.1 Å². The quantitative estimate of drug-likeness (QED) is 0.726. The summed E-state index contributed by atoms with van der Waals surface area (Å²) in [6, 6.07) is 0. The van der Waals surface area contributed by atoms with Crippen LogP contribution in [0.25, 0.3) is 0 Å². The van der Waals surface area contributed by atoms with Crippen LogP contribution in [0.15, 0.2) is 12.7 Å². The average molecular weight is 247 g/mol. The summed E-state index contributed by atoms with van der Waals surface area (Å²) in [5, 5.41) is -0.422. The van der Waals surface area contributed by atoms with E-state index in [0.717, 1.165) is 12.8 Å². The predicted octanol–water partition coefficient (Wildman–Crippen LogP) is 1.64. The van der Waals surface area contributed by atoms with Gasteiger partial charge in [0.25, 0.3) is 0 Å². The Hall–Kier alpha value is -0.390. The first-order chi connectivity index (χ1) is 7.47. The molecule has 0 spiro atoms. The molecule has 4 nitrogen and oxygen atoms in total. The first-order valence-corrected chi connectivity index (χ1v) is 7.25. The van der Waals surface area contributed by atoms with Crippen molar-refractivity contribution in [2.75, 3.05) is 6.61 Å². The number of rotatable bonds is 6. The topological polar surface area (TPSA) is 55.4 Å². The molecule has 0 amide bonds. The SMILES string of the molecule is C=CC[C@@H](C)[C@@H](C)S(=O)(=O)N[C@@H]1CCCO1. The summed E-state index contributed by atoms with van der Waals surface area (Å²) in [6.07, 6.45) is 3.81. The van der Waals surface area contributed by atoms with E-state index in [9.17, 15) is 8.42 Å². The summed E-state index contributed by atoms with van der Waals surface area (Å²) in [6.45, 7) is 7.92. The lowest BCUT2D eigenvalue weighted by Crippen LogP contribution is -2.41. The highest BCUT2D eigenvalue weighted by molar-refractivity contribution is 7.90. The minimum atomic E-state index is -3.29. The zero-order valence-corrected chi connectivity index (χ0v) is 10.8. The van der Waals surface area contributed by atoms with Crippen LogP contribution in [0.5, 0.6) is 0 Å². The number of nitrogens with one attached hydrogen (secondary N) is 1. The van der Waals surface area contributed by atoms with E-state index in [1.165, 1.54) is 0 Å². The lowest BCUT2D eigenvalue weighted by atomic mass is 10.1. The van der Waals surface area contributed by atoms with Crippen molar-refractivity contribution in [3.05, 3.63) is 12.7 Å². The Morgan fingerprint density at radius 3 is 2.75 bits per heavy atom. The van der Waals surface area contributed by atoms with E-state index in [1.54, 1.807) is 13.0 Å². The van der Waals surface area contributed by atoms with Gasteiger partial charge in [0.15, 0.2) is 0 Å². The van der Waals surface area contributed by atoms with E-state index in [0.29, 0.717) is 13.0 Å². The molecule has 0 saturated carbocycles. The molecule has 1 fully saturated rings. The fourth-order valence-electron chi connectivity index (χ4n) is 1.72. The van der Waals surface area contributed by atoms with Crippen molar-refractivity contribution in [3.63, 3.8) is 0 Å². The van der Waals surface area contributed by atoms with Gasteiger partial charge in [-0.25, -0.2) is 8.42 Å². The molecule has 0 aliphatic carbocycles. The van der Waals surface area contributed by atoms with Crippen molar-refractivity contribution in [2.45, 2.75) is 44.6 Å². The Kier molecular flexibility index (Phi) is 4.95. The molecule has 1 aliphatic rings. The molecule has 5 heteroatoms. The molecule has 0 aromatic carbocycles. The molecule has 0 aromatic rings. The van der Waals surface area contributed by atoms with Gasteiger partial charge in [0, 0.05) is 6.61 Å². The van der Waals surface area contributed by atoms with Crippen LogP contribution < -0.4 is 4.72 Å². The number of allylic oxidation sites excluding steroid dienone is 1. The van der Waals surface area contributed by atoms with Crippen molar-refractivity contribution < 1.29 is 13.2 Å². The van der Waals surface area contributed by atoms with Gasteiger partial charge in [0.1, 0.15) is 6.23 Å². The van der Waals surface area contributed by atoms with Crippen molar-refractivity contribution >= 4 is 10.0 Å². The molecule has 0 unspecified atom stereocenters. The largest absolute Gasteiger partial charge is 0.362 e. The molecule has 0 radical (unpaired) electrons. The van der Waals surface area contributed by atoms with Crippen LogP contribution in [0.3, 0.4) is 0 Å². The molecule has 0 bridgehead atoms. The Balaban J connectivity index is 2.57.